The quantitative estimate of drug-likeness (QED) is 0.752. The molecule has 1 aromatic carbocycles. The van der Waals surface area contributed by atoms with Crippen LogP contribution in [-0.2, 0) is 5.75 Å². The lowest BCUT2D eigenvalue weighted by atomic mass is 10.2. The average molecular weight is 292 g/mol. The van der Waals surface area contributed by atoms with Crippen molar-refractivity contribution in [1.29, 1.82) is 0 Å². The van der Waals surface area contributed by atoms with Gasteiger partial charge in [0.2, 0.25) is 0 Å². The van der Waals surface area contributed by atoms with Gasteiger partial charge < -0.3 is 14.3 Å². The Morgan fingerprint density at radius 1 is 1.30 bits per heavy atom. The van der Waals surface area contributed by atoms with Gasteiger partial charge in [-0.05, 0) is 42.5 Å². The van der Waals surface area contributed by atoms with Crippen LogP contribution in [0, 0.1) is 0 Å². The number of rotatable bonds is 8. The summed E-state index contributed by atoms with van der Waals surface area (Å²) in [6.45, 7) is 0.578. The summed E-state index contributed by atoms with van der Waals surface area (Å²) in [5.41, 5.74) is 0.245. The Labute approximate surface area is 121 Å². The van der Waals surface area contributed by atoms with E-state index in [2.05, 4.69) is 0 Å². The normalized spacial score (nSPS) is 10.4. The van der Waals surface area contributed by atoms with Crippen LogP contribution in [-0.4, -0.2) is 23.4 Å². The van der Waals surface area contributed by atoms with Crippen LogP contribution < -0.4 is 4.74 Å². The third kappa shape index (κ3) is 4.66. The predicted octanol–water partition coefficient (Wildman–Crippen LogP) is 3.68. The maximum absolute atomic E-state index is 10.8. The molecule has 2 rings (SSSR count). The van der Waals surface area contributed by atoms with E-state index in [4.69, 9.17) is 14.3 Å². The van der Waals surface area contributed by atoms with E-state index in [-0.39, 0.29) is 5.56 Å². The van der Waals surface area contributed by atoms with Crippen LogP contribution in [0.3, 0.4) is 0 Å². The number of furan rings is 1. The van der Waals surface area contributed by atoms with Gasteiger partial charge in [0.25, 0.3) is 0 Å². The van der Waals surface area contributed by atoms with Gasteiger partial charge in [-0.2, -0.15) is 11.8 Å². The maximum atomic E-state index is 10.8. The molecule has 0 bridgehead atoms. The first-order chi connectivity index (χ1) is 9.75. The molecular weight excluding hydrogens is 276 g/mol. The number of carboxylic acids is 1. The standard InChI is InChI=1S/C15H16O4S/c16-15(17)12-4-1-5-13(10-12)18-8-3-9-20-11-14-6-2-7-19-14/h1-2,4-7,10H,3,8-9,11H2,(H,16,17). The maximum Gasteiger partial charge on any atom is 0.335 e. The topological polar surface area (TPSA) is 59.7 Å². The van der Waals surface area contributed by atoms with E-state index in [1.54, 1.807) is 42.3 Å². The van der Waals surface area contributed by atoms with Crippen molar-refractivity contribution in [2.45, 2.75) is 12.2 Å². The lowest BCUT2D eigenvalue weighted by molar-refractivity contribution is 0.0696. The molecule has 0 atom stereocenters. The Morgan fingerprint density at radius 3 is 2.95 bits per heavy atom. The van der Waals surface area contributed by atoms with Gasteiger partial charge >= 0.3 is 5.97 Å². The molecule has 20 heavy (non-hydrogen) atoms. The largest absolute Gasteiger partial charge is 0.494 e. The number of hydrogen-bond acceptors (Lipinski definition) is 4. The minimum absolute atomic E-state index is 0.245. The summed E-state index contributed by atoms with van der Waals surface area (Å²) in [5.74, 6) is 2.47. The highest BCUT2D eigenvalue weighted by atomic mass is 32.2. The number of carboxylic acid groups (broad SMARTS) is 1. The van der Waals surface area contributed by atoms with Crippen LogP contribution in [0.2, 0.25) is 0 Å². The smallest absolute Gasteiger partial charge is 0.335 e. The summed E-state index contributed by atoms with van der Waals surface area (Å²) < 4.78 is 10.8. The molecule has 5 heteroatoms. The molecule has 106 valence electrons. The molecule has 0 aliphatic carbocycles. The summed E-state index contributed by atoms with van der Waals surface area (Å²) in [7, 11) is 0. The Bertz CT molecular complexity index is 537. The number of hydrogen-bond donors (Lipinski definition) is 1. The van der Waals surface area contributed by atoms with Gasteiger partial charge in [0.15, 0.2) is 0 Å². The zero-order valence-corrected chi connectivity index (χ0v) is 11.8. The van der Waals surface area contributed by atoms with E-state index in [1.807, 2.05) is 12.1 Å². The third-order valence-corrected chi connectivity index (χ3v) is 3.67. The molecule has 0 aliphatic heterocycles. The second kappa shape index (κ2) is 7.65. The SMILES string of the molecule is O=C(O)c1cccc(OCCCSCc2ccco2)c1. The number of aromatic carboxylic acids is 1. The van der Waals surface area contributed by atoms with Gasteiger partial charge in [-0.3, -0.25) is 0 Å². The molecule has 1 N–H and O–H groups in total. The van der Waals surface area contributed by atoms with Crippen LogP contribution in [0.25, 0.3) is 0 Å². The number of carbonyl (C=O) groups is 1. The Kier molecular flexibility index (Phi) is 5.55. The summed E-state index contributed by atoms with van der Waals surface area (Å²) in [4.78, 5) is 10.8. The van der Waals surface area contributed by atoms with E-state index < -0.39 is 5.97 Å². The van der Waals surface area contributed by atoms with E-state index >= 15 is 0 Å². The van der Waals surface area contributed by atoms with Crippen molar-refractivity contribution >= 4 is 17.7 Å². The molecule has 0 amide bonds. The highest BCUT2D eigenvalue weighted by Crippen LogP contribution is 2.15. The van der Waals surface area contributed by atoms with Crippen molar-refractivity contribution in [2.75, 3.05) is 12.4 Å². The molecule has 1 heterocycles. The van der Waals surface area contributed by atoms with Crippen LogP contribution >= 0.6 is 11.8 Å². The molecular formula is C15H16O4S. The fourth-order valence-corrected chi connectivity index (χ4v) is 2.47. The third-order valence-electron chi connectivity index (χ3n) is 2.61. The first-order valence-corrected chi connectivity index (χ1v) is 7.47. The zero-order chi connectivity index (χ0) is 14.2. The number of thioether (sulfide) groups is 1. The fraction of sp³-hybridized carbons (Fsp3) is 0.267. The van der Waals surface area contributed by atoms with Crippen molar-refractivity contribution < 1.29 is 19.1 Å². The molecule has 0 radical (unpaired) electrons. The summed E-state index contributed by atoms with van der Waals surface area (Å²) in [5, 5.41) is 8.87. The van der Waals surface area contributed by atoms with E-state index in [0.717, 1.165) is 23.7 Å². The summed E-state index contributed by atoms with van der Waals surface area (Å²) >= 11 is 1.79. The van der Waals surface area contributed by atoms with Crippen molar-refractivity contribution in [3.05, 3.63) is 54.0 Å². The Hall–Kier alpha value is -1.88. The molecule has 0 unspecified atom stereocenters. The molecule has 0 saturated heterocycles. The van der Waals surface area contributed by atoms with Gasteiger partial charge in [0.05, 0.1) is 24.2 Å². The monoisotopic (exact) mass is 292 g/mol. The molecule has 0 fully saturated rings. The van der Waals surface area contributed by atoms with E-state index in [0.29, 0.717) is 12.4 Å². The van der Waals surface area contributed by atoms with Gasteiger partial charge in [-0.1, -0.05) is 6.07 Å². The lowest BCUT2D eigenvalue weighted by Gasteiger charge is -2.06. The molecule has 0 saturated carbocycles. The van der Waals surface area contributed by atoms with Crippen LogP contribution in [0.4, 0.5) is 0 Å². The van der Waals surface area contributed by atoms with E-state index in [9.17, 15) is 4.79 Å². The average Bonchev–Trinajstić information content (AvgIpc) is 2.96. The van der Waals surface area contributed by atoms with Crippen LogP contribution in [0.15, 0.2) is 47.1 Å². The predicted molar refractivity (Wildman–Crippen MR) is 78.4 cm³/mol. The van der Waals surface area contributed by atoms with Gasteiger partial charge in [-0.15, -0.1) is 0 Å². The van der Waals surface area contributed by atoms with Crippen LogP contribution in [0.5, 0.6) is 5.75 Å². The van der Waals surface area contributed by atoms with Crippen molar-refractivity contribution in [3.8, 4) is 5.75 Å². The summed E-state index contributed by atoms with van der Waals surface area (Å²) in [6.07, 6.45) is 2.58. The summed E-state index contributed by atoms with van der Waals surface area (Å²) in [6, 6.07) is 10.4. The van der Waals surface area contributed by atoms with Crippen LogP contribution in [0.1, 0.15) is 22.5 Å². The second-order valence-corrected chi connectivity index (χ2v) is 5.27. The van der Waals surface area contributed by atoms with Crippen molar-refractivity contribution in [3.63, 3.8) is 0 Å². The zero-order valence-electron chi connectivity index (χ0n) is 11.0. The van der Waals surface area contributed by atoms with Gasteiger partial charge in [0, 0.05) is 0 Å². The van der Waals surface area contributed by atoms with Crippen molar-refractivity contribution in [1.82, 2.24) is 0 Å². The number of ether oxygens (including phenoxy) is 1. The highest BCUT2D eigenvalue weighted by molar-refractivity contribution is 7.98. The Morgan fingerprint density at radius 2 is 2.20 bits per heavy atom. The van der Waals surface area contributed by atoms with E-state index in [1.165, 1.54) is 0 Å². The molecule has 0 spiro atoms. The molecule has 4 nitrogen and oxygen atoms in total. The first kappa shape index (κ1) is 14.5. The molecule has 0 aliphatic rings. The second-order valence-electron chi connectivity index (χ2n) is 4.17. The minimum Gasteiger partial charge on any atom is -0.494 e. The van der Waals surface area contributed by atoms with Crippen molar-refractivity contribution in [2.24, 2.45) is 0 Å². The highest BCUT2D eigenvalue weighted by Gasteiger charge is 2.03. The molecule has 1 aromatic heterocycles. The number of benzene rings is 1. The molecule has 2 aromatic rings. The Balaban J connectivity index is 1.63. The van der Waals surface area contributed by atoms with Gasteiger partial charge in [0.1, 0.15) is 11.5 Å². The first-order valence-electron chi connectivity index (χ1n) is 6.32. The fourth-order valence-electron chi connectivity index (χ4n) is 1.64. The van der Waals surface area contributed by atoms with Gasteiger partial charge in [-0.25, -0.2) is 4.79 Å². The minimum atomic E-state index is -0.940. The lowest BCUT2D eigenvalue weighted by Crippen LogP contribution is -2.01.